The molecule has 2 unspecified atom stereocenters. The zero-order chi connectivity index (χ0) is 18.7. The van der Waals surface area contributed by atoms with E-state index >= 15 is 0 Å². The molecule has 1 aromatic rings. The third-order valence-corrected chi connectivity index (χ3v) is 6.67. The van der Waals surface area contributed by atoms with Gasteiger partial charge in [0, 0.05) is 44.2 Å². The number of carbonyl (C=O) groups excluding carboxylic acids is 3. The molecular formula is C20H24N4O3. The second-order valence-corrected chi connectivity index (χ2v) is 8.42. The number of carbonyl (C=O) groups is 3. The van der Waals surface area contributed by atoms with Crippen LogP contribution in [0.1, 0.15) is 40.7 Å². The van der Waals surface area contributed by atoms with Gasteiger partial charge in [0.2, 0.25) is 11.8 Å². The molecule has 5 aliphatic rings. The first-order valence-electron chi connectivity index (χ1n) is 9.74. The van der Waals surface area contributed by atoms with Crippen molar-refractivity contribution >= 4 is 17.7 Å². The van der Waals surface area contributed by atoms with Crippen LogP contribution in [0.2, 0.25) is 0 Å². The summed E-state index contributed by atoms with van der Waals surface area (Å²) in [4.78, 5) is 40.3. The minimum Gasteiger partial charge on any atom is -0.327 e. The topological polar surface area (TPSA) is 95.7 Å². The summed E-state index contributed by atoms with van der Waals surface area (Å²) >= 11 is 0. The molecule has 4 heterocycles. The molecule has 3 saturated heterocycles. The van der Waals surface area contributed by atoms with Crippen LogP contribution in [-0.4, -0.2) is 52.7 Å². The highest BCUT2D eigenvalue weighted by atomic mass is 16.2. The van der Waals surface area contributed by atoms with E-state index in [4.69, 9.17) is 5.73 Å². The molecule has 7 nitrogen and oxygen atoms in total. The molecule has 4 atom stereocenters. The van der Waals surface area contributed by atoms with Crippen molar-refractivity contribution in [3.8, 4) is 0 Å². The second-order valence-electron chi connectivity index (χ2n) is 8.42. The Kier molecular flexibility index (Phi) is 3.84. The number of nitrogens with two attached hydrogens (primary N) is 1. The number of piperidine rings is 3. The SMILES string of the molecule is NC1[C@@H]2C[C@H]1CN(Cc1ccc3c(c1)CN(C1CCC(=O)NC1=O)C3=O)C2. The molecule has 0 aromatic heterocycles. The Morgan fingerprint density at radius 2 is 1.93 bits per heavy atom. The summed E-state index contributed by atoms with van der Waals surface area (Å²) in [6.45, 7) is 3.41. The van der Waals surface area contributed by atoms with E-state index in [-0.39, 0.29) is 24.1 Å². The summed E-state index contributed by atoms with van der Waals surface area (Å²) in [6.07, 6.45) is 1.94. The van der Waals surface area contributed by atoms with E-state index in [1.165, 1.54) is 12.0 Å². The third kappa shape index (κ3) is 2.76. The van der Waals surface area contributed by atoms with Gasteiger partial charge in [0.1, 0.15) is 6.04 Å². The van der Waals surface area contributed by atoms with E-state index in [9.17, 15) is 14.4 Å². The Hall–Kier alpha value is -2.25. The average Bonchev–Trinajstić information content (AvgIpc) is 2.97. The summed E-state index contributed by atoms with van der Waals surface area (Å²) in [6, 6.07) is 5.82. The molecule has 6 rings (SSSR count). The van der Waals surface area contributed by atoms with Gasteiger partial charge in [-0.15, -0.1) is 0 Å². The van der Waals surface area contributed by atoms with Crippen LogP contribution in [0.3, 0.4) is 0 Å². The van der Waals surface area contributed by atoms with E-state index in [1.807, 2.05) is 12.1 Å². The molecule has 1 aromatic carbocycles. The van der Waals surface area contributed by atoms with Crippen LogP contribution in [0, 0.1) is 11.8 Å². The highest BCUT2D eigenvalue weighted by Crippen LogP contribution is 2.39. The lowest BCUT2D eigenvalue weighted by atomic mass is 9.67. The van der Waals surface area contributed by atoms with Gasteiger partial charge in [0.05, 0.1) is 0 Å². The van der Waals surface area contributed by atoms with Crippen molar-refractivity contribution in [1.82, 2.24) is 15.1 Å². The summed E-state index contributed by atoms with van der Waals surface area (Å²) in [5.41, 5.74) is 9.00. The van der Waals surface area contributed by atoms with E-state index < -0.39 is 6.04 Å². The second kappa shape index (κ2) is 6.14. The number of hydrogen-bond acceptors (Lipinski definition) is 5. The predicted octanol–water partition coefficient (Wildman–Crippen LogP) is 0.227. The number of nitrogens with zero attached hydrogens (tertiary/aromatic N) is 2. The van der Waals surface area contributed by atoms with Gasteiger partial charge >= 0.3 is 0 Å². The Morgan fingerprint density at radius 1 is 1.15 bits per heavy atom. The van der Waals surface area contributed by atoms with Gasteiger partial charge in [0.25, 0.3) is 5.91 Å². The first kappa shape index (κ1) is 16.9. The number of nitrogens with one attached hydrogen (secondary N) is 1. The van der Waals surface area contributed by atoms with E-state index in [2.05, 4.69) is 16.3 Å². The van der Waals surface area contributed by atoms with Crippen molar-refractivity contribution in [2.45, 2.75) is 44.4 Å². The molecule has 1 saturated carbocycles. The molecular weight excluding hydrogens is 344 g/mol. The molecule has 3 N–H and O–H groups in total. The Morgan fingerprint density at radius 3 is 2.63 bits per heavy atom. The molecule has 2 bridgehead atoms. The van der Waals surface area contributed by atoms with Gasteiger partial charge in [-0.05, 0) is 41.9 Å². The summed E-state index contributed by atoms with van der Waals surface area (Å²) in [5, 5.41) is 2.34. The van der Waals surface area contributed by atoms with Gasteiger partial charge in [-0.25, -0.2) is 0 Å². The standard InChI is InChI=1S/C20H24N4O3/c21-18-13-6-14(18)9-23(8-13)7-11-1-2-15-12(5-11)10-24(20(15)27)16-3-4-17(25)22-19(16)26/h1-2,5,13-14,16,18H,3-4,6-10,21H2,(H,22,25,26)/t13-,14+,16?,18?. The zero-order valence-corrected chi connectivity index (χ0v) is 15.2. The Bertz CT molecular complexity index is 827. The van der Waals surface area contributed by atoms with Crippen molar-refractivity contribution in [2.24, 2.45) is 17.6 Å². The van der Waals surface area contributed by atoms with Gasteiger partial charge in [-0.2, -0.15) is 0 Å². The van der Waals surface area contributed by atoms with E-state index in [0.717, 1.165) is 25.2 Å². The van der Waals surface area contributed by atoms with Gasteiger partial charge in [0.15, 0.2) is 0 Å². The third-order valence-electron chi connectivity index (χ3n) is 6.67. The number of fused-ring (bicyclic) bond motifs is 3. The quantitative estimate of drug-likeness (QED) is 0.745. The Balaban J connectivity index is 1.29. The van der Waals surface area contributed by atoms with Crippen molar-refractivity contribution in [2.75, 3.05) is 13.1 Å². The van der Waals surface area contributed by atoms with E-state index in [1.54, 1.807) is 4.90 Å². The minimum absolute atomic E-state index is 0.115. The van der Waals surface area contributed by atoms with Crippen LogP contribution in [0.4, 0.5) is 0 Å². The van der Waals surface area contributed by atoms with Crippen molar-refractivity contribution in [3.05, 3.63) is 34.9 Å². The highest BCUT2D eigenvalue weighted by molar-refractivity contribution is 6.05. The molecule has 7 heteroatoms. The molecule has 27 heavy (non-hydrogen) atoms. The van der Waals surface area contributed by atoms with Crippen LogP contribution in [0.25, 0.3) is 0 Å². The minimum atomic E-state index is -0.554. The van der Waals surface area contributed by atoms with E-state index in [0.29, 0.717) is 36.4 Å². The van der Waals surface area contributed by atoms with Crippen molar-refractivity contribution in [1.29, 1.82) is 0 Å². The van der Waals surface area contributed by atoms with Crippen LogP contribution in [0.5, 0.6) is 0 Å². The molecule has 3 amide bonds. The van der Waals surface area contributed by atoms with Crippen LogP contribution >= 0.6 is 0 Å². The average molecular weight is 368 g/mol. The van der Waals surface area contributed by atoms with Crippen LogP contribution < -0.4 is 11.1 Å². The molecule has 0 radical (unpaired) electrons. The number of rotatable bonds is 3. The first-order chi connectivity index (χ1) is 13.0. The van der Waals surface area contributed by atoms with Crippen molar-refractivity contribution in [3.63, 3.8) is 0 Å². The fourth-order valence-corrected chi connectivity index (χ4v) is 5.14. The maximum atomic E-state index is 12.7. The smallest absolute Gasteiger partial charge is 0.255 e. The highest BCUT2D eigenvalue weighted by Gasteiger charge is 2.44. The zero-order valence-electron chi connectivity index (χ0n) is 15.2. The molecule has 4 fully saturated rings. The molecule has 4 aliphatic heterocycles. The lowest BCUT2D eigenvalue weighted by Crippen LogP contribution is -2.61. The lowest BCUT2D eigenvalue weighted by Gasteiger charge is -2.52. The fraction of sp³-hybridized carbons (Fsp3) is 0.550. The summed E-state index contributed by atoms with van der Waals surface area (Å²) in [7, 11) is 0. The number of hydrogen-bond donors (Lipinski definition) is 2. The first-order valence-corrected chi connectivity index (χ1v) is 9.74. The normalized spacial score (nSPS) is 32.9. The summed E-state index contributed by atoms with van der Waals surface area (Å²) in [5.74, 6) is 0.514. The predicted molar refractivity (Wildman–Crippen MR) is 97.3 cm³/mol. The maximum Gasteiger partial charge on any atom is 0.255 e. The molecule has 1 aliphatic carbocycles. The maximum absolute atomic E-state index is 12.7. The van der Waals surface area contributed by atoms with Gasteiger partial charge in [-0.1, -0.05) is 12.1 Å². The van der Waals surface area contributed by atoms with Crippen molar-refractivity contribution < 1.29 is 14.4 Å². The molecule has 142 valence electrons. The molecule has 0 spiro atoms. The number of amides is 3. The largest absolute Gasteiger partial charge is 0.327 e. The van der Waals surface area contributed by atoms with Gasteiger partial charge in [-0.3, -0.25) is 24.6 Å². The fourth-order valence-electron chi connectivity index (χ4n) is 5.14. The van der Waals surface area contributed by atoms with Gasteiger partial charge < -0.3 is 10.6 Å². The summed E-state index contributed by atoms with van der Waals surface area (Å²) < 4.78 is 0. The number of benzene rings is 1. The lowest BCUT2D eigenvalue weighted by molar-refractivity contribution is -0.136. The Labute approximate surface area is 157 Å². The number of imide groups is 1. The monoisotopic (exact) mass is 368 g/mol. The van der Waals surface area contributed by atoms with Crippen LogP contribution in [-0.2, 0) is 22.7 Å². The van der Waals surface area contributed by atoms with Crippen LogP contribution in [0.15, 0.2) is 18.2 Å².